The molecule has 0 aromatic carbocycles. The topological polar surface area (TPSA) is 90.1 Å². The molecule has 0 amide bonds. The van der Waals surface area contributed by atoms with Crippen molar-refractivity contribution in [3.63, 3.8) is 0 Å². The largest absolute Gasteiger partial charge is 0.492 e. The maximum atomic E-state index is 11.6. The molecule has 0 bridgehead atoms. The number of nitrogens with zero attached hydrogens (tertiary/aromatic N) is 4. The summed E-state index contributed by atoms with van der Waals surface area (Å²) in [6.45, 7) is 0. The van der Waals surface area contributed by atoms with Gasteiger partial charge < -0.3 is 9.84 Å². The molecular formula is C9H10N4O3S. The average Bonchev–Trinajstić information content (AvgIpc) is 2.63. The van der Waals surface area contributed by atoms with Gasteiger partial charge in [-0.25, -0.2) is 19.4 Å². The molecule has 0 spiro atoms. The molecule has 8 heteroatoms. The summed E-state index contributed by atoms with van der Waals surface area (Å²) in [5.41, 5.74) is 0.527. The van der Waals surface area contributed by atoms with E-state index in [1.807, 2.05) is 0 Å². The number of carbonyl (C=O) groups is 1. The van der Waals surface area contributed by atoms with Gasteiger partial charge in [0, 0.05) is 7.05 Å². The molecule has 17 heavy (non-hydrogen) atoms. The summed E-state index contributed by atoms with van der Waals surface area (Å²) in [6.07, 6.45) is 1.77. The Morgan fingerprint density at radius 1 is 1.41 bits per heavy atom. The number of rotatable bonds is 2. The number of hydrogen-bond donors (Lipinski definition) is 1. The molecule has 0 saturated carbocycles. The predicted molar refractivity (Wildman–Crippen MR) is 61.1 cm³/mol. The quantitative estimate of drug-likeness (QED) is 0.476. The Labute approximate surface area is 101 Å². The van der Waals surface area contributed by atoms with Crippen molar-refractivity contribution >= 4 is 28.8 Å². The zero-order valence-corrected chi connectivity index (χ0v) is 10.3. The minimum absolute atomic E-state index is 0.0535. The van der Waals surface area contributed by atoms with E-state index in [2.05, 4.69) is 19.8 Å². The fraction of sp³-hybridized carbons (Fsp3) is 0.333. The van der Waals surface area contributed by atoms with Crippen molar-refractivity contribution < 1.29 is 14.6 Å². The first-order valence-electron chi connectivity index (χ1n) is 4.64. The molecule has 0 atom stereocenters. The number of fused-ring (bicyclic) bond motifs is 1. The van der Waals surface area contributed by atoms with E-state index in [4.69, 9.17) is 0 Å². The molecule has 90 valence electrons. The van der Waals surface area contributed by atoms with Crippen molar-refractivity contribution in [1.82, 2.24) is 19.7 Å². The van der Waals surface area contributed by atoms with Gasteiger partial charge in [-0.2, -0.15) is 5.10 Å². The van der Waals surface area contributed by atoms with Crippen LogP contribution in [0.5, 0.6) is 5.88 Å². The summed E-state index contributed by atoms with van der Waals surface area (Å²) in [6, 6.07) is 0. The van der Waals surface area contributed by atoms with E-state index >= 15 is 0 Å². The summed E-state index contributed by atoms with van der Waals surface area (Å²) < 4.78 is 5.86. The Morgan fingerprint density at radius 2 is 2.12 bits per heavy atom. The minimum atomic E-state index is -0.606. The Balaban J connectivity index is 2.80. The molecule has 1 N–H and O–H groups in total. The number of hydrogen-bond acceptors (Lipinski definition) is 7. The zero-order valence-electron chi connectivity index (χ0n) is 9.46. The van der Waals surface area contributed by atoms with Crippen molar-refractivity contribution in [3.8, 4) is 5.88 Å². The molecule has 2 heterocycles. The van der Waals surface area contributed by atoms with E-state index in [0.717, 1.165) is 0 Å². The van der Waals surface area contributed by atoms with Crippen LogP contribution < -0.4 is 0 Å². The molecule has 2 aromatic rings. The second-order valence-electron chi connectivity index (χ2n) is 3.19. The van der Waals surface area contributed by atoms with Crippen LogP contribution in [0.4, 0.5) is 0 Å². The van der Waals surface area contributed by atoms with Gasteiger partial charge in [-0.1, -0.05) is 11.8 Å². The van der Waals surface area contributed by atoms with Crippen LogP contribution in [0, 0.1) is 0 Å². The third-order valence-electron chi connectivity index (χ3n) is 2.19. The first kappa shape index (κ1) is 11.6. The number of carbonyl (C=O) groups excluding carboxylic acids is 1. The fourth-order valence-electron chi connectivity index (χ4n) is 1.37. The van der Waals surface area contributed by atoms with Gasteiger partial charge in [-0.15, -0.1) is 0 Å². The van der Waals surface area contributed by atoms with Crippen LogP contribution in [0.25, 0.3) is 11.0 Å². The second kappa shape index (κ2) is 4.21. The lowest BCUT2D eigenvalue weighted by molar-refractivity contribution is 0.0595. The Morgan fingerprint density at radius 3 is 2.71 bits per heavy atom. The number of aryl methyl sites for hydroxylation is 1. The average molecular weight is 254 g/mol. The molecule has 0 fully saturated rings. The van der Waals surface area contributed by atoms with Crippen LogP contribution >= 0.6 is 11.8 Å². The monoisotopic (exact) mass is 254 g/mol. The Hall–Kier alpha value is -1.83. The van der Waals surface area contributed by atoms with E-state index in [-0.39, 0.29) is 22.6 Å². The van der Waals surface area contributed by atoms with Crippen molar-refractivity contribution in [2.45, 2.75) is 5.16 Å². The maximum absolute atomic E-state index is 11.6. The smallest absolute Gasteiger partial charge is 0.359 e. The third kappa shape index (κ3) is 1.80. The van der Waals surface area contributed by atoms with Gasteiger partial charge in [0.05, 0.1) is 7.11 Å². The molecule has 0 unspecified atom stereocenters. The Kier molecular flexibility index (Phi) is 2.88. The Bertz CT molecular complexity index is 595. The first-order valence-corrected chi connectivity index (χ1v) is 5.87. The van der Waals surface area contributed by atoms with Crippen molar-refractivity contribution in [3.05, 3.63) is 5.69 Å². The lowest BCUT2D eigenvalue weighted by atomic mass is 10.3. The predicted octanol–water partition coefficient (Wildman–Crippen LogP) is 0.577. The minimum Gasteiger partial charge on any atom is -0.492 e. The number of aromatic hydroxyl groups is 1. The highest BCUT2D eigenvalue weighted by Crippen LogP contribution is 2.25. The standard InChI is InChI=1S/C9H10N4O3S/c1-13-7(14)5-4(12-13)6(8(15)16-2)11-9(10-5)17-3/h14H,1-3H3. The number of thioether (sulfide) groups is 1. The molecular weight excluding hydrogens is 244 g/mol. The molecule has 0 aliphatic heterocycles. The molecule has 0 radical (unpaired) electrons. The lowest BCUT2D eigenvalue weighted by Gasteiger charge is -2.01. The van der Waals surface area contributed by atoms with E-state index in [9.17, 15) is 9.90 Å². The molecule has 0 aliphatic rings. The van der Waals surface area contributed by atoms with Gasteiger partial charge in [0.25, 0.3) is 0 Å². The lowest BCUT2D eigenvalue weighted by Crippen LogP contribution is -2.07. The van der Waals surface area contributed by atoms with E-state index in [1.54, 1.807) is 13.3 Å². The highest BCUT2D eigenvalue weighted by Gasteiger charge is 2.21. The summed E-state index contributed by atoms with van der Waals surface area (Å²) >= 11 is 1.27. The van der Waals surface area contributed by atoms with Gasteiger partial charge >= 0.3 is 5.97 Å². The molecule has 0 aliphatic carbocycles. The highest BCUT2D eigenvalue weighted by molar-refractivity contribution is 7.98. The van der Waals surface area contributed by atoms with Gasteiger partial charge in [-0.3, -0.25) is 0 Å². The van der Waals surface area contributed by atoms with E-state index in [1.165, 1.54) is 23.6 Å². The zero-order chi connectivity index (χ0) is 12.6. The van der Waals surface area contributed by atoms with E-state index < -0.39 is 5.97 Å². The first-order chi connectivity index (χ1) is 8.08. The van der Waals surface area contributed by atoms with Crippen LogP contribution in [0.2, 0.25) is 0 Å². The number of ether oxygens (including phenoxy) is 1. The van der Waals surface area contributed by atoms with E-state index in [0.29, 0.717) is 5.16 Å². The number of esters is 1. The summed E-state index contributed by atoms with van der Waals surface area (Å²) in [4.78, 5) is 19.7. The van der Waals surface area contributed by atoms with Crippen LogP contribution in [-0.4, -0.2) is 44.2 Å². The summed E-state index contributed by atoms with van der Waals surface area (Å²) in [7, 11) is 2.81. The summed E-state index contributed by atoms with van der Waals surface area (Å²) in [5, 5.41) is 14.1. The number of methoxy groups -OCH3 is 1. The summed E-state index contributed by atoms with van der Waals surface area (Å²) in [5.74, 6) is -0.714. The SMILES string of the molecule is COC(=O)c1nc(SC)nc2c(O)n(C)nc12. The molecule has 2 aromatic heterocycles. The second-order valence-corrected chi connectivity index (χ2v) is 3.97. The number of aromatic nitrogens is 4. The van der Waals surface area contributed by atoms with Crippen LogP contribution in [0.15, 0.2) is 5.16 Å². The van der Waals surface area contributed by atoms with Crippen molar-refractivity contribution in [2.24, 2.45) is 7.05 Å². The normalized spacial score (nSPS) is 10.8. The fourth-order valence-corrected chi connectivity index (χ4v) is 1.73. The van der Waals surface area contributed by atoms with Crippen molar-refractivity contribution in [1.29, 1.82) is 0 Å². The highest BCUT2D eigenvalue weighted by atomic mass is 32.2. The molecule has 2 rings (SSSR count). The molecule has 0 saturated heterocycles. The maximum Gasteiger partial charge on any atom is 0.359 e. The van der Waals surface area contributed by atoms with Gasteiger partial charge in [0.2, 0.25) is 5.88 Å². The van der Waals surface area contributed by atoms with Crippen LogP contribution in [0.1, 0.15) is 10.5 Å². The van der Waals surface area contributed by atoms with Crippen molar-refractivity contribution in [2.75, 3.05) is 13.4 Å². The molecule has 7 nitrogen and oxygen atoms in total. The third-order valence-corrected chi connectivity index (χ3v) is 2.74. The van der Waals surface area contributed by atoms with Crippen LogP contribution in [-0.2, 0) is 11.8 Å². The van der Waals surface area contributed by atoms with Gasteiger partial charge in [-0.05, 0) is 6.26 Å². The van der Waals surface area contributed by atoms with Gasteiger partial charge in [0.15, 0.2) is 16.4 Å². The van der Waals surface area contributed by atoms with Gasteiger partial charge in [0.1, 0.15) is 5.52 Å². The van der Waals surface area contributed by atoms with Crippen LogP contribution in [0.3, 0.4) is 0 Å².